The van der Waals surface area contributed by atoms with Crippen LogP contribution < -0.4 is 5.73 Å². The van der Waals surface area contributed by atoms with Crippen LogP contribution in [0.5, 0.6) is 0 Å². The highest BCUT2D eigenvalue weighted by Crippen LogP contribution is 2.29. The second-order valence-electron chi connectivity index (χ2n) is 7.22. The minimum atomic E-state index is -0.0154. The largest absolute Gasteiger partial charge is 0.396 e. The van der Waals surface area contributed by atoms with Crippen LogP contribution in [0.1, 0.15) is 39.3 Å². The zero-order valence-corrected chi connectivity index (χ0v) is 14.9. The third-order valence-corrected chi connectivity index (χ3v) is 4.67. The van der Waals surface area contributed by atoms with Gasteiger partial charge in [-0.25, -0.2) is 4.68 Å². The van der Waals surface area contributed by atoms with E-state index in [0.29, 0.717) is 11.6 Å². The molecule has 132 valence electrons. The third-order valence-electron chi connectivity index (χ3n) is 4.67. The van der Waals surface area contributed by atoms with E-state index in [2.05, 4.69) is 46.8 Å². The summed E-state index contributed by atoms with van der Waals surface area (Å²) < 4.78 is 9.93. The molecule has 1 aliphatic rings. The Morgan fingerprint density at radius 3 is 3.00 bits per heavy atom. The fourth-order valence-corrected chi connectivity index (χ4v) is 3.45. The van der Waals surface area contributed by atoms with Crippen LogP contribution >= 0.6 is 0 Å². The van der Waals surface area contributed by atoms with Gasteiger partial charge in [0.15, 0.2) is 0 Å². The van der Waals surface area contributed by atoms with E-state index in [9.17, 15) is 0 Å². The molecule has 0 aliphatic carbocycles. The average Bonchev–Trinajstić information content (AvgIpc) is 3.19. The minimum absolute atomic E-state index is 0.0154. The first-order chi connectivity index (χ1) is 12.1. The van der Waals surface area contributed by atoms with Crippen molar-refractivity contribution < 1.29 is 4.74 Å². The van der Waals surface area contributed by atoms with Crippen LogP contribution in [-0.4, -0.2) is 25.9 Å². The van der Waals surface area contributed by atoms with Crippen molar-refractivity contribution in [1.82, 2.24) is 19.3 Å². The molecule has 1 unspecified atom stereocenters. The molecule has 6 nitrogen and oxygen atoms in total. The van der Waals surface area contributed by atoms with E-state index in [-0.39, 0.29) is 6.23 Å². The Hall–Kier alpha value is -2.34. The van der Waals surface area contributed by atoms with E-state index < -0.39 is 0 Å². The molecular formula is C19H25N5O. The van der Waals surface area contributed by atoms with Gasteiger partial charge >= 0.3 is 0 Å². The van der Waals surface area contributed by atoms with Gasteiger partial charge in [-0.2, -0.15) is 5.10 Å². The van der Waals surface area contributed by atoms with Gasteiger partial charge in [0, 0.05) is 30.9 Å². The standard InChI is InChI=1S/C19H25N5O/c1-13(2)11-23-7-6-14-10-21-16(9-17(14)23)19-15(20)12-24(22-19)18-5-3-4-8-25-18/h6-7,9-10,12-13,18H,3-5,8,11,20H2,1-2H3. The SMILES string of the molecule is CC(C)Cn1ccc2cnc(-c3nn(C4CCCCO4)cc3N)cc21. The van der Waals surface area contributed by atoms with Crippen molar-refractivity contribution >= 4 is 16.6 Å². The number of rotatable bonds is 4. The summed E-state index contributed by atoms with van der Waals surface area (Å²) in [6, 6.07) is 4.19. The number of hydrogen-bond acceptors (Lipinski definition) is 4. The molecule has 2 N–H and O–H groups in total. The van der Waals surface area contributed by atoms with Crippen molar-refractivity contribution in [2.24, 2.45) is 5.92 Å². The van der Waals surface area contributed by atoms with Crippen molar-refractivity contribution in [3.8, 4) is 11.4 Å². The lowest BCUT2D eigenvalue weighted by molar-refractivity contribution is -0.0393. The van der Waals surface area contributed by atoms with Crippen molar-refractivity contribution in [2.45, 2.75) is 45.9 Å². The maximum atomic E-state index is 6.23. The van der Waals surface area contributed by atoms with Crippen LogP contribution in [0.15, 0.2) is 30.7 Å². The van der Waals surface area contributed by atoms with Crippen LogP contribution in [0.2, 0.25) is 0 Å². The lowest BCUT2D eigenvalue weighted by Crippen LogP contribution is -2.18. The zero-order valence-electron chi connectivity index (χ0n) is 14.9. The van der Waals surface area contributed by atoms with Crippen molar-refractivity contribution in [1.29, 1.82) is 0 Å². The highest BCUT2D eigenvalue weighted by atomic mass is 16.5. The first kappa shape index (κ1) is 16.1. The van der Waals surface area contributed by atoms with E-state index in [0.717, 1.165) is 49.2 Å². The molecule has 1 aliphatic heterocycles. The summed E-state index contributed by atoms with van der Waals surface area (Å²) in [5.74, 6) is 0.583. The number of aromatic nitrogens is 4. The first-order valence-corrected chi connectivity index (χ1v) is 9.03. The number of anilines is 1. The Morgan fingerprint density at radius 2 is 2.24 bits per heavy atom. The van der Waals surface area contributed by atoms with Crippen molar-refractivity contribution in [2.75, 3.05) is 12.3 Å². The molecule has 0 spiro atoms. The molecule has 3 aromatic rings. The van der Waals surface area contributed by atoms with Gasteiger partial charge in [0.1, 0.15) is 11.9 Å². The highest BCUT2D eigenvalue weighted by Gasteiger charge is 2.20. The van der Waals surface area contributed by atoms with E-state index in [1.165, 1.54) is 5.52 Å². The second kappa shape index (κ2) is 6.52. The Labute approximate surface area is 147 Å². The van der Waals surface area contributed by atoms with Gasteiger partial charge < -0.3 is 15.0 Å². The van der Waals surface area contributed by atoms with E-state index in [1.807, 2.05) is 17.1 Å². The number of hydrogen-bond donors (Lipinski definition) is 1. The molecule has 4 rings (SSSR count). The van der Waals surface area contributed by atoms with E-state index in [1.54, 1.807) is 0 Å². The van der Waals surface area contributed by atoms with Crippen LogP contribution in [0.3, 0.4) is 0 Å². The quantitative estimate of drug-likeness (QED) is 0.784. The number of fused-ring (bicyclic) bond motifs is 1. The number of ether oxygens (including phenoxy) is 1. The second-order valence-corrected chi connectivity index (χ2v) is 7.22. The number of pyridine rings is 1. The number of nitrogen functional groups attached to an aromatic ring is 1. The molecule has 0 bridgehead atoms. The van der Waals surface area contributed by atoms with Gasteiger partial charge in [0.25, 0.3) is 0 Å². The number of nitrogens with zero attached hydrogens (tertiary/aromatic N) is 4. The molecule has 0 saturated carbocycles. The summed E-state index contributed by atoms with van der Waals surface area (Å²) >= 11 is 0. The van der Waals surface area contributed by atoms with E-state index >= 15 is 0 Å². The Morgan fingerprint density at radius 1 is 1.36 bits per heavy atom. The monoisotopic (exact) mass is 339 g/mol. The molecule has 0 amide bonds. The third kappa shape index (κ3) is 3.14. The Bertz CT molecular complexity index is 873. The molecular weight excluding hydrogens is 314 g/mol. The summed E-state index contributed by atoms with van der Waals surface area (Å²) in [6.07, 6.45) is 9.12. The zero-order chi connectivity index (χ0) is 17.4. The van der Waals surface area contributed by atoms with Gasteiger partial charge in [-0.05, 0) is 37.3 Å². The normalized spacial score (nSPS) is 18.3. The summed E-state index contributed by atoms with van der Waals surface area (Å²) in [4.78, 5) is 4.58. The predicted molar refractivity (Wildman–Crippen MR) is 99.0 cm³/mol. The van der Waals surface area contributed by atoms with Crippen LogP contribution in [0.4, 0.5) is 5.69 Å². The van der Waals surface area contributed by atoms with Gasteiger partial charge in [0.05, 0.1) is 23.1 Å². The van der Waals surface area contributed by atoms with Crippen LogP contribution in [0.25, 0.3) is 22.3 Å². The summed E-state index contributed by atoms with van der Waals surface area (Å²) in [7, 11) is 0. The molecule has 1 fully saturated rings. The first-order valence-electron chi connectivity index (χ1n) is 9.03. The van der Waals surface area contributed by atoms with Crippen molar-refractivity contribution in [3.63, 3.8) is 0 Å². The molecule has 1 atom stereocenters. The lowest BCUT2D eigenvalue weighted by atomic mass is 10.2. The van der Waals surface area contributed by atoms with Gasteiger partial charge in [-0.3, -0.25) is 4.98 Å². The maximum Gasteiger partial charge on any atom is 0.150 e. The molecule has 4 heterocycles. The molecule has 1 saturated heterocycles. The number of nitrogens with two attached hydrogens (primary N) is 1. The van der Waals surface area contributed by atoms with Crippen LogP contribution in [0, 0.1) is 5.92 Å². The maximum absolute atomic E-state index is 6.23. The minimum Gasteiger partial charge on any atom is -0.396 e. The Balaban J connectivity index is 1.70. The van der Waals surface area contributed by atoms with Gasteiger partial charge in [0.2, 0.25) is 0 Å². The molecule has 3 aromatic heterocycles. The predicted octanol–water partition coefficient (Wildman–Crippen LogP) is 3.84. The van der Waals surface area contributed by atoms with Gasteiger partial charge in [-0.15, -0.1) is 0 Å². The highest BCUT2D eigenvalue weighted by molar-refractivity contribution is 5.84. The molecule has 25 heavy (non-hydrogen) atoms. The fraction of sp³-hybridized carbons (Fsp3) is 0.474. The summed E-state index contributed by atoms with van der Waals surface area (Å²) in [5.41, 5.74) is 9.58. The molecule has 0 radical (unpaired) electrons. The molecule has 0 aromatic carbocycles. The average molecular weight is 339 g/mol. The molecule has 6 heteroatoms. The fourth-order valence-electron chi connectivity index (χ4n) is 3.45. The topological polar surface area (TPSA) is 70.9 Å². The van der Waals surface area contributed by atoms with Crippen molar-refractivity contribution in [3.05, 3.63) is 30.7 Å². The van der Waals surface area contributed by atoms with Gasteiger partial charge in [-0.1, -0.05) is 13.8 Å². The van der Waals surface area contributed by atoms with Crippen LogP contribution in [-0.2, 0) is 11.3 Å². The lowest BCUT2D eigenvalue weighted by Gasteiger charge is -2.22. The van der Waals surface area contributed by atoms with E-state index in [4.69, 9.17) is 10.5 Å². The summed E-state index contributed by atoms with van der Waals surface area (Å²) in [6.45, 7) is 6.20. The summed E-state index contributed by atoms with van der Waals surface area (Å²) in [5, 5.41) is 5.82. The smallest absolute Gasteiger partial charge is 0.150 e. The Kier molecular flexibility index (Phi) is 4.21.